The van der Waals surface area contributed by atoms with E-state index in [0.29, 0.717) is 6.42 Å². The maximum Gasteiger partial charge on any atom is 0.267 e. The van der Waals surface area contributed by atoms with Crippen LogP contribution in [-0.2, 0) is 14.9 Å². The Labute approximate surface area is 259 Å². The molecule has 0 fully saturated rings. The second kappa shape index (κ2) is 29.6. The molecule has 3 N–H and O–H groups in total. The van der Waals surface area contributed by atoms with E-state index in [2.05, 4.69) is 43.5 Å². The SMILES string of the molecule is CCC/C=C\C/C=C\CCCCCCCC(=O)NC(CS(=O)(=O)O)C(O)/C=C/CCCCCCCCCCCCCC. The summed E-state index contributed by atoms with van der Waals surface area (Å²) in [6.07, 6.45) is 36.9. The molecule has 0 saturated heterocycles. The van der Waals surface area contributed by atoms with Crippen LogP contribution < -0.4 is 5.32 Å². The van der Waals surface area contributed by atoms with Crippen LogP contribution in [0.3, 0.4) is 0 Å². The molecular weight excluding hydrogens is 546 g/mol. The minimum Gasteiger partial charge on any atom is -0.387 e. The largest absolute Gasteiger partial charge is 0.387 e. The van der Waals surface area contributed by atoms with Gasteiger partial charge in [-0.15, -0.1) is 0 Å². The van der Waals surface area contributed by atoms with Crippen LogP contribution in [0.4, 0.5) is 0 Å². The number of hydrogen-bond donors (Lipinski definition) is 3. The Morgan fingerprint density at radius 3 is 1.64 bits per heavy atom. The monoisotopic (exact) mass is 611 g/mol. The Morgan fingerprint density at radius 2 is 1.12 bits per heavy atom. The second-order valence-electron chi connectivity index (χ2n) is 11.8. The van der Waals surface area contributed by atoms with Crippen LogP contribution in [0.15, 0.2) is 36.5 Å². The van der Waals surface area contributed by atoms with E-state index < -0.39 is 28.0 Å². The molecule has 7 heteroatoms. The zero-order chi connectivity index (χ0) is 31.2. The van der Waals surface area contributed by atoms with Gasteiger partial charge in [-0.05, 0) is 44.9 Å². The number of aliphatic hydroxyl groups excluding tert-OH is 1. The van der Waals surface area contributed by atoms with Crippen molar-refractivity contribution >= 4 is 16.0 Å². The smallest absolute Gasteiger partial charge is 0.267 e. The van der Waals surface area contributed by atoms with E-state index in [1.165, 1.54) is 70.6 Å². The molecule has 2 atom stereocenters. The fourth-order valence-electron chi connectivity index (χ4n) is 4.96. The Morgan fingerprint density at radius 1 is 0.643 bits per heavy atom. The van der Waals surface area contributed by atoms with Crippen LogP contribution in [0.2, 0.25) is 0 Å². The number of nitrogens with one attached hydrogen (secondary N) is 1. The number of aliphatic hydroxyl groups is 1. The zero-order valence-corrected chi connectivity index (χ0v) is 27.9. The molecule has 0 aliphatic carbocycles. The van der Waals surface area contributed by atoms with Gasteiger partial charge in [-0.3, -0.25) is 9.35 Å². The first-order valence-electron chi connectivity index (χ1n) is 17.2. The van der Waals surface area contributed by atoms with Crippen LogP contribution >= 0.6 is 0 Å². The summed E-state index contributed by atoms with van der Waals surface area (Å²) >= 11 is 0. The third-order valence-corrected chi connectivity index (χ3v) is 8.32. The van der Waals surface area contributed by atoms with Crippen LogP contribution in [-0.4, -0.2) is 41.9 Å². The average Bonchev–Trinajstić information content (AvgIpc) is 2.94. The summed E-state index contributed by atoms with van der Waals surface area (Å²) in [5.41, 5.74) is 0. The molecular formula is C35H65NO5S. The summed E-state index contributed by atoms with van der Waals surface area (Å²) in [4.78, 5) is 12.4. The number of allylic oxidation sites excluding steroid dienone is 5. The van der Waals surface area contributed by atoms with E-state index in [9.17, 15) is 22.9 Å². The fraction of sp³-hybridized carbons (Fsp3) is 0.800. The number of carbonyl (C=O) groups is 1. The Bertz CT molecular complexity index is 806. The highest BCUT2D eigenvalue weighted by atomic mass is 32.2. The molecule has 0 aromatic carbocycles. The molecule has 0 aliphatic rings. The molecule has 0 aliphatic heterocycles. The number of hydrogen-bond acceptors (Lipinski definition) is 4. The second-order valence-corrected chi connectivity index (χ2v) is 13.3. The Hall–Kier alpha value is -1.44. The van der Waals surface area contributed by atoms with Gasteiger partial charge >= 0.3 is 0 Å². The number of amides is 1. The lowest BCUT2D eigenvalue weighted by Crippen LogP contribution is -2.46. The zero-order valence-electron chi connectivity index (χ0n) is 27.1. The topological polar surface area (TPSA) is 104 Å². The molecule has 0 aromatic heterocycles. The van der Waals surface area contributed by atoms with E-state index in [0.717, 1.165) is 64.2 Å². The van der Waals surface area contributed by atoms with Crippen LogP contribution in [0.5, 0.6) is 0 Å². The molecule has 0 saturated carbocycles. The third kappa shape index (κ3) is 30.0. The average molecular weight is 612 g/mol. The third-order valence-electron chi connectivity index (χ3n) is 7.54. The van der Waals surface area contributed by atoms with E-state index in [-0.39, 0.29) is 12.3 Å². The van der Waals surface area contributed by atoms with Gasteiger partial charge in [0.1, 0.15) is 0 Å². The molecule has 0 rings (SSSR count). The first kappa shape index (κ1) is 40.6. The first-order valence-corrected chi connectivity index (χ1v) is 18.8. The summed E-state index contributed by atoms with van der Waals surface area (Å²) in [6, 6.07) is -1.06. The maximum atomic E-state index is 12.4. The molecule has 42 heavy (non-hydrogen) atoms. The summed E-state index contributed by atoms with van der Waals surface area (Å²) in [5, 5.41) is 13.1. The lowest BCUT2D eigenvalue weighted by molar-refractivity contribution is -0.122. The standard InChI is InChI=1S/C35H65NO5S/c1-3-5-7-9-11-13-15-17-19-20-22-24-26-28-30-34(37)33(32-42(39,40)41)36-35(38)31-29-27-25-23-21-18-16-14-12-10-8-6-4-2/h8,10,14,16,28,30,33-34,37H,3-7,9,11-13,15,17-27,29,31-32H2,1-2H3,(H,36,38)(H,39,40,41)/b10-8-,16-14-,30-28+. The molecule has 6 nitrogen and oxygen atoms in total. The normalized spacial score (nSPS) is 13.9. The first-order chi connectivity index (χ1) is 20.3. The highest BCUT2D eigenvalue weighted by Gasteiger charge is 2.24. The van der Waals surface area contributed by atoms with Gasteiger partial charge in [0.2, 0.25) is 5.91 Å². The Kier molecular flexibility index (Phi) is 28.6. The van der Waals surface area contributed by atoms with Crippen LogP contribution in [0, 0.1) is 0 Å². The predicted octanol–water partition coefficient (Wildman–Crippen LogP) is 9.40. The molecule has 0 spiro atoms. The number of rotatable bonds is 30. The van der Waals surface area contributed by atoms with Crippen molar-refractivity contribution in [1.82, 2.24) is 5.32 Å². The van der Waals surface area contributed by atoms with Crippen molar-refractivity contribution in [3.8, 4) is 0 Å². The van der Waals surface area contributed by atoms with Crippen molar-refractivity contribution in [2.75, 3.05) is 5.75 Å². The fourth-order valence-corrected chi connectivity index (χ4v) is 5.69. The van der Waals surface area contributed by atoms with E-state index in [4.69, 9.17) is 0 Å². The molecule has 0 bridgehead atoms. The molecule has 0 heterocycles. The van der Waals surface area contributed by atoms with Crippen molar-refractivity contribution in [3.63, 3.8) is 0 Å². The molecule has 246 valence electrons. The van der Waals surface area contributed by atoms with E-state index in [1.54, 1.807) is 6.08 Å². The summed E-state index contributed by atoms with van der Waals surface area (Å²) in [6.45, 7) is 4.43. The summed E-state index contributed by atoms with van der Waals surface area (Å²) < 4.78 is 32.3. The van der Waals surface area contributed by atoms with Gasteiger partial charge in [0.25, 0.3) is 10.1 Å². The minimum absolute atomic E-state index is 0.279. The minimum atomic E-state index is -4.34. The lowest BCUT2D eigenvalue weighted by Gasteiger charge is -2.21. The van der Waals surface area contributed by atoms with Gasteiger partial charge in [-0.25, -0.2) is 0 Å². The van der Waals surface area contributed by atoms with Gasteiger partial charge in [-0.2, -0.15) is 8.42 Å². The van der Waals surface area contributed by atoms with Gasteiger partial charge in [0.15, 0.2) is 0 Å². The van der Waals surface area contributed by atoms with E-state index in [1.807, 2.05) is 6.08 Å². The molecule has 2 unspecified atom stereocenters. The van der Waals surface area contributed by atoms with Crippen LogP contribution in [0.25, 0.3) is 0 Å². The molecule has 1 amide bonds. The maximum absolute atomic E-state index is 12.4. The lowest BCUT2D eigenvalue weighted by atomic mass is 10.0. The van der Waals surface area contributed by atoms with E-state index >= 15 is 0 Å². The summed E-state index contributed by atoms with van der Waals surface area (Å²) in [5.74, 6) is -0.999. The van der Waals surface area contributed by atoms with Crippen molar-refractivity contribution in [3.05, 3.63) is 36.5 Å². The van der Waals surface area contributed by atoms with Crippen molar-refractivity contribution in [2.45, 2.75) is 174 Å². The predicted molar refractivity (Wildman–Crippen MR) is 179 cm³/mol. The van der Waals surface area contributed by atoms with Gasteiger partial charge in [0.05, 0.1) is 17.9 Å². The molecule has 0 radical (unpaired) electrons. The number of carbonyl (C=O) groups excluding carboxylic acids is 1. The summed E-state index contributed by atoms with van der Waals surface area (Å²) in [7, 11) is -4.34. The van der Waals surface area contributed by atoms with Crippen molar-refractivity contribution in [2.24, 2.45) is 0 Å². The van der Waals surface area contributed by atoms with Gasteiger partial charge in [0, 0.05) is 6.42 Å². The highest BCUT2D eigenvalue weighted by molar-refractivity contribution is 7.85. The Balaban J connectivity index is 4.06. The highest BCUT2D eigenvalue weighted by Crippen LogP contribution is 2.13. The number of unbranched alkanes of at least 4 members (excludes halogenated alkanes) is 18. The van der Waals surface area contributed by atoms with Crippen LogP contribution in [0.1, 0.15) is 162 Å². The van der Waals surface area contributed by atoms with Gasteiger partial charge in [-0.1, -0.05) is 147 Å². The van der Waals surface area contributed by atoms with Gasteiger partial charge < -0.3 is 10.4 Å². The quantitative estimate of drug-likeness (QED) is 0.0426. The van der Waals surface area contributed by atoms with Crippen molar-refractivity contribution in [1.29, 1.82) is 0 Å². The molecule has 0 aromatic rings. The van der Waals surface area contributed by atoms with Crippen molar-refractivity contribution < 1.29 is 22.9 Å².